The zero-order valence-electron chi connectivity index (χ0n) is 10.2. The van der Waals surface area contributed by atoms with E-state index in [-0.39, 0.29) is 0 Å². The van der Waals surface area contributed by atoms with Crippen molar-refractivity contribution in [3.8, 4) is 5.75 Å². The molecule has 0 aromatic heterocycles. The number of hydrogen-bond acceptors (Lipinski definition) is 2. The number of allylic oxidation sites excluding steroid dienone is 1. The summed E-state index contributed by atoms with van der Waals surface area (Å²) in [5.74, 6) is 1.20. The molecule has 0 aliphatic heterocycles. The van der Waals surface area contributed by atoms with E-state index < -0.39 is 0 Å². The standard InChI is InChI=1S/C15H18O2/c1-2-10-17-14-8-6-12(7-9-14)11-13-4-3-5-15(13)16/h6-9,11H,2-5,10H2,1H3. The van der Waals surface area contributed by atoms with E-state index in [1.54, 1.807) is 0 Å². The molecule has 0 spiro atoms. The van der Waals surface area contributed by atoms with E-state index >= 15 is 0 Å². The van der Waals surface area contributed by atoms with Gasteiger partial charge in [-0.3, -0.25) is 4.79 Å². The summed E-state index contributed by atoms with van der Waals surface area (Å²) in [5, 5.41) is 0. The average molecular weight is 230 g/mol. The molecule has 0 N–H and O–H groups in total. The van der Waals surface area contributed by atoms with E-state index in [2.05, 4.69) is 6.92 Å². The average Bonchev–Trinajstić information content (AvgIpc) is 2.74. The van der Waals surface area contributed by atoms with Gasteiger partial charge in [0.1, 0.15) is 5.75 Å². The molecule has 2 heteroatoms. The van der Waals surface area contributed by atoms with Crippen LogP contribution in [-0.2, 0) is 4.79 Å². The van der Waals surface area contributed by atoms with Crippen LogP contribution in [-0.4, -0.2) is 12.4 Å². The summed E-state index contributed by atoms with van der Waals surface area (Å²) in [6.07, 6.45) is 5.65. The van der Waals surface area contributed by atoms with Gasteiger partial charge in [0.2, 0.25) is 0 Å². The van der Waals surface area contributed by atoms with Crippen molar-refractivity contribution in [3.05, 3.63) is 35.4 Å². The molecular weight excluding hydrogens is 212 g/mol. The quantitative estimate of drug-likeness (QED) is 0.738. The molecular formula is C15H18O2. The molecule has 1 aliphatic carbocycles. The summed E-state index contributed by atoms with van der Waals surface area (Å²) in [6, 6.07) is 7.93. The Labute approximate surface area is 102 Å². The van der Waals surface area contributed by atoms with E-state index in [9.17, 15) is 4.79 Å². The number of Topliss-reactive ketones (excluding diaryl/α,β-unsaturated/α-hetero) is 1. The van der Waals surface area contributed by atoms with Crippen LogP contribution in [0.5, 0.6) is 5.75 Å². The van der Waals surface area contributed by atoms with Crippen LogP contribution in [0.1, 0.15) is 38.2 Å². The topological polar surface area (TPSA) is 26.3 Å². The first kappa shape index (κ1) is 11.9. The fourth-order valence-corrected chi connectivity index (χ4v) is 1.97. The molecule has 1 aromatic rings. The van der Waals surface area contributed by atoms with Gasteiger partial charge in [-0.05, 0) is 48.6 Å². The van der Waals surface area contributed by atoms with Gasteiger partial charge in [0.05, 0.1) is 6.61 Å². The van der Waals surface area contributed by atoms with Gasteiger partial charge in [-0.1, -0.05) is 19.1 Å². The molecule has 1 saturated carbocycles. The van der Waals surface area contributed by atoms with Gasteiger partial charge in [0, 0.05) is 6.42 Å². The third kappa shape index (κ3) is 3.19. The Bertz CT molecular complexity index is 415. The van der Waals surface area contributed by atoms with Crippen molar-refractivity contribution in [2.75, 3.05) is 6.61 Å². The minimum atomic E-state index is 0.302. The zero-order valence-corrected chi connectivity index (χ0v) is 10.2. The highest BCUT2D eigenvalue weighted by Crippen LogP contribution is 2.23. The second-order valence-electron chi connectivity index (χ2n) is 4.36. The van der Waals surface area contributed by atoms with Crippen LogP contribution in [0.15, 0.2) is 29.8 Å². The highest BCUT2D eigenvalue weighted by atomic mass is 16.5. The Hall–Kier alpha value is -1.57. The van der Waals surface area contributed by atoms with Crippen LogP contribution in [0.3, 0.4) is 0 Å². The molecule has 90 valence electrons. The van der Waals surface area contributed by atoms with Crippen molar-refractivity contribution in [2.45, 2.75) is 32.6 Å². The van der Waals surface area contributed by atoms with Crippen molar-refractivity contribution in [1.29, 1.82) is 0 Å². The number of rotatable bonds is 4. The SMILES string of the molecule is CCCOc1ccc(C=C2CCCC2=O)cc1. The zero-order chi connectivity index (χ0) is 12.1. The summed E-state index contributed by atoms with van der Waals surface area (Å²) in [4.78, 5) is 11.5. The molecule has 0 atom stereocenters. The van der Waals surface area contributed by atoms with Crippen LogP contribution >= 0.6 is 0 Å². The number of benzene rings is 1. The molecule has 0 radical (unpaired) electrons. The summed E-state index contributed by atoms with van der Waals surface area (Å²) < 4.78 is 5.51. The highest BCUT2D eigenvalue weighted by Gasteiger charge is 2.16. The van der Waals surface area contributed by atoms with Crippen molar-refractivity contribution < 1.29 is 9.53 Å². The Morgan fingerprint density at radius 3 is 2.59 bits per heavy atom. The van der Waals surface area contributed by atoms with Crippen LogP contribution in [0.25, 0.3) is 6.08 Å². The summed E-state index contributed by atoms with van der Waals surface area (Å²) >= 11 is 0. The molecule has 0 heterocycles. The highest BCUT2D eigenvalue weighted by molar-refractivity contribution is 6.01. The molecule has 2 nitrogen and oxygen atoms in total. The van der Waals surface area contributed by atoms with Crippen molar-refractivity contribution in [2.24, 2.45) is 0 Å². The lowest BCUT2D eigenvalue weighted by atomic mass is 10.1. The van der Waals surface area contributed by atoms with Gasteiger partial charge in [-0.15, -0.1) is 0 Å². The summed E-state index contributed by atoms with van der Waals surface area (Å²) in [7, 11) is 0. The first-order valence-electron chi connectivity index (χ1n) is 6.26. The smallest absolute Gasteiger partial charge is 0.158 e. The van der Waals surface area contributed by atoms with E-state index in [0.29, 0.717) is 12.2 Å². The third-order valence-electron chi connectivity index (χ3n) is 2.90. The lowest BCUT2D eigenvalue weighted by Gasteiger charge is -2.04. The third-order valence-corrected chi connectivity index (χ3v) is 2.90. The summed E-state index contributed by atoms with van der Waals surface area (Å²) in [6.45, 7) is 2.84. The molecule has 2 rings (SSSR count). The van der Waals surface area contributed by atoms with Gasteiger partial charge in [-0.25, -0.2) is 0 Å². The van der Waals surface area contributed by atoms with Crippen LogP contribution in [0, 0.1) is 0 Å². The predicted octanol–water partition coefficient (Wildman–Crippen LogP) is 3.61. The Balaban J connectivity index is 2.05. The molecule has 17 heavy (non-hydrogen) atoms. The van der Waals surface area contributed by atoms with Crippen LogP contribution in [0.2, 0.25) is 0 Å². The van der Waals surface area contributed by atoms with Gasteiger partial charge >= 0.3 is 0 Å². The lowest BCUT2D eigenvalue weighted by Crippen LogP contribution is -1.94. The summed E-state index contributed by atoms with van der Waals surface area (Å²) in [5.41, 5.74) is 2.05. The minimum absolute atomic E-state index is 0.302. The van der Waals surface area contributed by atoms with E-state index in [1.165, 1.54) is 0 Å². The second kappa shape index (κ2) is 5.67. The molecule has 0 amide bonds. The van der Waals surface area contributed by atoms with Crippen molar-refractivity contribution >= 4 is 11.9 Å². The van der Waals surface area contributed by atoms with Crippen molar-refractivity contribution in [1.82, 2.24) is 0 Å². The monoisotopic (exact) mass is 230 g/mol. The number of hydrogen-bond donors (Lipinski definition) is 0. The normalized spacial score (nSPS) is 17.7. The number of ketones is 1. The van der Waals surface area contributed by atoms with Crippen LogP contribution in [0.4, 0.5) is 0 Å². The largest absolute Gasteiger partial charge is 0.494 e. The van der Waals surface area contributed by atoms with E-state index in [1.807, 2.05) is 30.3 Å². The van der Waals surface area contributed by atoms with Gasteiger partial charge < -0.3 is 4.74 Å². The van der Waals surface area contributed by atoms with Gasteiger partial charge in [-0.2, -0.15) is 0 Å². The minimum Gasteiger partial charge on any atom is -0.494 e. The molecule has 1 aliphatic rings. The first-order valence-corrected chi connectivity index (χ1v) is 6.26. The van der Waals surface area contributed by atoms with Gasteiger partial charge in [0.25, 0.3) is 0 Å². The fourth-order valence-electron chi connectivity index (χ4n) is 1.97. The maximum atomic E-state index is 11.5. The predicted molar refractivity (Wildman–Crippen MR) is 69.1 cm³/mol. The number of carbonyl (C=O) groups excluding carboxylic acids is 1. The van der Waals surface area contributed by atoms with Crippen LogP contribution < -0.4 is 4.74 Å². The Morgan fingerprint density at radius 1 is 1.24 bits per heavy atom. The van der Waals surface area contributed by atoms with Gasteiger partial charge in [0.15, 0.2) is 5.78 Å². The Morgan fingerprint density at radius 2 is 2.00 bits per heavy atom. The first-order chi connectivity index (χ1) is 8.29. The molecule has 1 fully saturated rings. The lowest BCUT2D eigenvalue weighted by molar-refractivity contribution is -0.114. The number of ether oxygens (including phenoxy) is 1. The molecule has 0 saturated heterocycles. The maximum absolute atomic E-state index is 11.5. The van der Waals surface area contributed by atoms with E-state index in [0.717, 1.165) is 42.8 Å². The molecule has 0 bridgehead atoms. The van der Waals surface area contributed by atoms with E-state index in [4.69, 9.17) is 4.74 Å². The second-order valence-corrected chi connectivity index (χ2v) is 4.36. The fraction of sp³-hybridized carbons (Fsp3) is 0.400. The maximum Gasteiger partial charge on any atom is 0.158 e. The Kier molecular flexibility index (Phi) is 3.97. The molecule has 0 unspecified atom stereocenters. The van der Waals surface area contributed by atoms with Crippen molar-refractivity contribution in [3.63, 3.8) is 0 Å². The number of carbonyl (C=O) groups is 1. The molecule has 1 aromatic carbocycles.